The number of allylic oxidation sites excluding steroid dienone is 1. The predicted molar refractivity (Wildman–Crippen MR) is 87.0 cm³/mol. The molecule has 3 aliphatic carbocycles. The average Bonchev–Trinajstić information content (AvgIpc) is 2.74. The van der Waals surface area contributed by atoms with Crippen LogP contribution in [0.25, 0.3) is 0 Å². The largest absolute Gasteiger partial charge is 0.367 e. The summed E-state index contributed by atoms with van der Waals surface area (Å²) in [5.74, 6) is 4.65. The molecule has 0 amide bonds. The number of rotatable bonds is 4. The lowest BCUT2D eigenvalue weighted by Crippen LogP contribution is -2.52. The van der Waals surface area contributed by atoms with E-state index in [1.165, 1.54) is 38.5 Å². The van der Waals surface area contributed by atoms with Crippen LogP contribution in [-0.4, -0.2) is 11.7 Å². The van der Waals surface area contributed by atoms with Crippen molar-refractivity contribution < 1.29 is 4.74 Å². The number of hydrogen-bond acceptors (Lipinski definition) is 1. The summed E-state index contributed by atoms with van der Waals surface area (Å²) in [7, 11) is 0. The van der Waals surface area contributed by atoms with Crippen LogP contribution in [0, 0.1) is 35.0 Å². The van der Waals surface area contributed by atoms with E-state index in [9.17, 15) is 0 Å². The first-order valence-electron chi connectivity index (χ1n) is 9.20. The first kappa shape index (κ1) is 14.3. The monoisotopic (exact) mass is 288 g/mol. The molecule has 3 saturated carbocycles. The van der Waals surface area contributed by atoms with E-state index in [4.69, 9.17) is 4.74 Å². The van der Waals surface area contributed by atoms with Crippen LogP contribution >= 0.6 is 0 Å². The molecule has 0 bridgehead atoms. The third-order valence-corrected chi connectivity index (χ3v) is 7.93. The fourth-order valence-electron chi connectivity index (χ4n) is 6.53. The molecule has 1 aliphatic heterocycles. The van der Waals surface area contributed by atoms with Crippen LogP contribution in [0.3, 0.4) is 0 Å². The molecule has 1 heterocycles. The Kier molecular flexibility index (Phi) is 2.98. The summed E-state index contributed by atoms with van der Waals surface area (Å²) in [6.45, 7) is 14.0. The molecule has 118 valence electrons. The van der Waals surface area contributed by atoms with Crippen molar-refractivity contribution in [3.63, 3.8) is 0 Å². The van der Waals surface area contributed by atoms with Gasteiger partial charge in [0.05, 0.1) is 11.7 Å². The molecule has 0 N–H and O–H groups in total. The molecule has 1 heteroatoms. The highest BCUT2D eigenvalue weighted by Gasteiger charge is 2.66. The van der Waals surface area contributed by atoms with Gasteiger partial charge in [0.2, 0.25) is 0 Å². The summed E-state index contributed by atoms with van der Waals surface area (Å²) in [6.07, 6.45) is 8.85. The van der Waals surface area contributed by atoms with Gasteiger partial charge in [0.25, 0.3) is 0 Å². The number of hydrogen-bond donors (Lipinski definition) is 0. The van der Waals surface area contributed by atoms with Gasteiger partial charge in [-0.3, -0.25) is 0 Å². The van der Waals surface area contributed by atoms with E-state index >= 15 is 0 Å². The van der Waals surface area contributed by atoms with Gasteiger partial charge in [0.15, 0.2) is 0 Å². The number of fused-ring (bicyclic) bond motifs is 4. The standard InChI is InChI=1S/C20H32O/c1-12(7-9-16-19(3,4)21-16)14-10-11-20(5)15-8-6-13(2)17(15)18(14)20/h12,14-18H,2,6-11H2,1,3-5H3. The highest BCUT2D eigenvalue weighted by Crippen LogP contribution is 2.73. The molecule has 0 aromatic carbocycles. The molecular weight excluding hydrogens is 256 g/mol. The molecule has 0 aromatic rings. The highest BCUT2D eigenvalue weighted by molar-refractivity contribution is 5.26. The second kappa shape index (κ2) is 4.37. The SMILES string of the molecule is C=C1CCC2C1C1C(C(C)CCC3OC3(C)C)CCC21C. The molecule has 0 spiro atoms. The number of ether oxygens (including phenoxy) is 1. The normalized spacial score (nSPS) is 51.2. The van der Waals surface area contributed by atoms with Gasteiger partial charge in [0.1, 0.15) is 0 Å². The van der Waals surface area contributed by atoms with Gasteiger partial charge in [-0.05, 0) is 87.4 Å². The minimum atomic E-state index is 0.172. The molecule has 0 radical (unpaired) electrons. The van der Waals surface area contributed by atoms with E-state index in [1.807, 2.05) is 0 Å². The Labute approximate surface area is 130 Å². The molecule has 1 nitrogen and oxygen atoms in total. The maximum absolute atomic E-state index is 5.77. The van der Waals surface area contributed by atoms with Gasteiger partial charge in [-0.25, -0.2) is 0 Å². The van der Waals surface area contributed by atoms with Crippen molar-refractivity contribution in [2.45, 2.75) is 77.9 Å². The summed E-state index contributed by atoms with van der Waals surface area (Å²) < 4.78 is 5.77. The first-order chi connectivity index (χ1) is 9.84. The minimum absolute atomic E-state index is 0.172. The van der Waals surface area contributed by atoms with Crippen LogP contribution in [0.1, 0.15) is 66.2 Å². The zero-order valence-corrected chi connectivity index (χ0v) is 14.3. The lowest BCUT2D eigenvalue weighted by Gasteiger charge is -2.57. The Morgan fingerprint density at radius 1 is 1.29 bits per heavy atom. The molecule has 21 heavy (non-hydrogen) atoms. The average molecular weight is 288 g/mol. The van der Waals surface area contributed by atoms with E-state index < -0.39 is 0 Å². The highest BCUT2D eigenvalue weighted by atomic mass is 16.6. The Hall–Kier alpha value is -0.300. The Morgan fingerprint density at radius 2 is 2.00 bits per heavy atom. The van der Waals surface area contributed by atoms with Crippen LogP contribution in [0.2, 0.25) is 0 Å². The van der Waals surface area contributed by atoms with Crippen molar-refractivity contribution in [3.05, 3.63) is 12.2 Å². The van der Waals surface area contributed by atoms with Crippen molar-refractivity contribution in [2.24, 2.45) is 35.0 Å². The second-order valence-corrected chi connectivity index (χ2v) is 9.33. The third kappa shape index (κ3) is 1.92. The summed E-state index contributed by atoms with van der Waals surface area (Å²) >= 11 is 0. The van der Waals surface area contributed by atoms with Gasteiger partial charge in [-0.2, -0.15) is 0 Å². The first-order valence-corrected chi connectivity index (χ1v) is 9.20. The molecule has 4 aliphatic rings. The molecule has 1 saturated heterocycles. The Bertz CT molecular complexity index is 464. The zero-order valence-electron chi connectivity index (χ0n) is 14.3. The summed E-state index contributed by atoms with van der Waals surface area (Å²) in [6, 6.07) is 0. The molecule has 4 rings (SSSR count). The van der Waals surface area contributed by atoms with Crippen LogP contribution in [0.4, 0.5) is 0 Å². The maximum atomic E-state index is 5.77. The van der Waals surface area contributed by atoms with Crippen molar-refractivity contribution >= 4 is 0 Å². The van der Waals surface area contributed by atoms with Gasteiger partial charge in [-0.15, -0.1) is 0 Å². The fraction of sp³-hybridized carbons (Fsp3) is 0.900. The molecule has 4 fully saturated rings. The van der Waals surface area contributed by atoms with E-state index in [1.54, 1.807) is 5.57 Å². The van der Waals surface area contributed by atoms with Crippen molar-refractivity contribution in [2.75, 3.05) is 0 Å². The van der Waals surface area contributed by atoms with Crippen molar-refractivity contribution in [3.8, 4) is 0 Å². The topological polar surface area (TPSA) is 12.5 Å². The molecule has 7 atom stereocenters. The Morgan fingerprint density at radius 3 is 2.67 bits per heavy atom. The summed E-state index contributed by atoms with van der Waals surface area (Å²) in [5, 5.41) is 0. The van der Waals surface area contributed by atoms with Gasteiger partial charge >= 0.3 is 0 Å². The maximum Gasteiger partial charge on any atom is 0.0892 e. The Balaban J connectivity index is 1.41. The van der Waals surface area contributed by atoms with Crippen LogP contribution in [0.15, 0.2) is 12.2 Å². The van der Waals surface area contributed by atoms with Gasteiger partial charge in [-0.1, -0.05) is 26.0 Å². The zero-order chi connectivity index (χ0) is 15.0. The number of epoxide rings is 1. The third-order valence-electron chi connectivity index (χ3n) is 7.93. The van der Waals surface area contributed by atoms with Crippen LogP contribution in [0.5, 0.6) is 0 Å². The van der Waals surface area contributed by atoms with Crippen molar-refractivity contribution in [1.29, 1.82) is 0 Å². The quantitative estimate of drug-likeness (QED) is 0.511. The molecular formula is C20H32O. The smallest absolute Gasteiger partial charge is 0.0892 e. The predicted octanol–water partition coefficient (Wildman–Crippen LogP) is 5.21. The lowest BCUT2D eigenvalue weighted by atomic mass is 9.47. The van der Waals surface area contributed by atoms with Crippen LogP contribution < -0.4 is 0 Å². The van der Waals surface area contributed by atoms with Crippen molar-refractivity contribution in [1.82, 2.24) is 0 Å². The van der Waals surface area contributed by atoms with E-state index in [0.29, 0.717) is 11.5 Å². The molecule has 7 unspecified atom stereocenters. The van der Waals surface area contributed by atoms with Gasteiger partial charge < -0.3 is 4.74 Å². The summed E-state index contributed by atoms with van der Waals surface area (Å²) in [4.78, 5) is 0. The van der Waals surface area contributed by atoms with Crippen LogP contribution in [-0.2, 0) is 4.74 Å². The van der Waals surface area contributed by atoms with Gasteiger partial charge in [0, 0.05) is 0 Å². The van der Waals surface area contributed by atoms with E-state index in [2.05, 4.69) is 34.3 Å². The second-order valence-electron chi connectivity index (χ2n) is 9.33. The minimum Gasteiger partial charge on any atom is -0.367 e. The van der Waals surface area contributed by atoms with E-state index in [0.717, 1.165) is 29.6 Å². The van der Waals surface area contributed by atoms with E-state index in [-0.39, 0.29) is 5.60 Å². The summed E-state index contributed by atoms with van der Waals surface area (Å²) in [5.41, 5.74) is 2.43. The lowest BCUT2D eigenvalue weighted by molar-refractivity contribution is -0.0789. The molecule has 0 aromatic heterocycles. The fourth-order valence-corrected chi connectivity index (χ4v) is 6.53.